The van der Waals surface area contributed by atoms with Crippen LogP contribution < -0.4 is 0 Å². The second-order valence-corrected chi connectivity index (χ2v) is 12.8. The van der Waals surface area contributed by atoms with Crippen molar-refractivity contribution in [2.45, 2.75) is 57.3 Å². The zero-order chi connectivity index (χ0) is 16.6. The maximum absolute atomic E-state index is 12.2. The van der Waals surface area contributed by atoms with E-state index in [0.29, 0.717) is 0 Å². The summed E-state index contributed by atoms with van der Waals surface area (Å²) in [6.07, 6.45) is 1.72. The Labute approximate surface area is 132 Å². The predicted molar refractivity (Wildman–Crippen MR) is 87.9 cm³/mol. The van der Waals surface area contributed by atoms with Gasteiger partial charge in [0.25, 0.3) is 0 Å². The molecule has 0 spiro atoms. The standard InChI is InChI=1S/C14H27NO4SSi/c1-9(19-21(6,7)14(2,3)4)11-12(18)15(8-10(16)17)13(11)20-5/h9,11,13H,8H2,1-7H3,(H,16,17)/t9-,11?,13?/m1/s1. The number of carboxylic acids is 1. The maximum atomic E-state index is 12.2. The topological polar surface area (TPSA) is 66.8 Å². The SMILES string of the molecule is CSC1C([C@@H](C)O[Si](C)(C)C(C)(C)C)C(=O)N1CC(=O)O. The highest BCUT2D eigenvalue weighted by Crippen LogP contribution is 2.42. The van der Waals surface area contributed by atoms with E-state index in [4.69, 9.17) is 9.53 Å². The molecule has 1 rings (SSSR count). The highest BCUT2D eigenvalue weighted by atomic mass is 32.2. The van der Waals surface area contributed by atoms with Crippen molar-refractivity contribution in [3.63, 3.8) is 0 Å². The van der Waals surface area contributed by atoms with Gasteiger partial charge in [0.15, 0.2) is 8.32 Å². The quantitative estimate of drug-likeness (QED) is 0.598. The molecule has 2 unspecified atom stereocenters. The first-order valence-electron chi connectivity index (χ1n) is 7.15. The zero-order valence-electron chi connectivity index (χ0n) is 14.0. The van der Waals surface area contributed by atoms with Gasteiger partial charge < -0.3 is 14.4 Å². The average Bonchev–Trinajstić information content (AvgIpc) is 2.29. The number of β-lactam (4-membered cyclic amide) rings is 1. The first kappa shape index (κ1) is 18.5. The van der Waals surface area contributed by atoms with Gasteiger partial charge in [-0.05, 0) is 31.3 Å². The molecule has 1 N–H and O–H groups in total. The first-order valence-corrected chi connectivity index (χ1v) is 11.3. The van der Waals surface area contributed by atoms with Crippen LogP contribution in [0.3, 0.4) is 0 Å². The van der Waals surface area contributed by atoms with Crippen molar-refractivity contribution in [2.75, 3.05) is 12.8 Å². The number of thioether (sulfide) groups is 1. The molecule has 1 aliphatic rings. The molecule has 122 valence electrons. The summed E-state index contributed by atoms with van der Waals surface area (Å²) in [5.41, 5.74) is 0. The number of hydrogen-bond acceptors (Lipinski definition) is 4. The Morgan fingerprint density at radius 3 is 2.38 bits per heavy atom. The number of aliphatic carboxylic acids is 1. The Morgan fingerprint density at radius 1 is 1.48 bits per heavy atom. The molecule has 3 atom stereocenters. The minimum atomic E-state index is -1.94. The fourth-order valence-electron chi connectivity index (χ4n) is 2.29. The number of carboxylic acid groups (broad SMARTS) is 1. The van der Waals surface area contributed by atoms with Gasteiger partial charge in [0.2, 0.25) is 5.91 Å². The van der Waals surface area contributed by atoms with Crippen molar-refractivity contribution in [3.8, 4) is 0 Å². The van der Waals surface area contributed by atoms with Gasteiger partial charge in [-0.2, -0.15) is 0 Å². The molecular formula is C14H27NO4SSi. The number of carbonyl (C=O) groups excluding carboxylic acids is 1. The van der Waals surface area contributed by atoms with E-state index in [9.17, 15) is 9.59 Å². The molecule has 1 saturated heterocycles. The summed E-state index contributed by atoms with van der Waals surface area (Å²) in [5.74, 6) is -1.32. The third kappa shape index (κ3) is 3.81. The fraction of sp³-hybridized carbons (Fsp3) is 0.857. The van der Waals surface area contributed by atoms with E-state index in [1.165, 1.54) is 16.7 Å². The Hall–Kier alpha value is -0.533. The minimum Gasteiger partial charge on any atom is -0.480 e. The first-order chi connectivity index (χ1) is 9.42. The van der Waals surface area contributed by atoms with Crippen LogP contribution >= 0.6 is 11.8 Å². The zero-order valence-corrected chi connectivity index (χ0v) is 15.8. The van der Waals surface area contributed by atoms with Crippen LogP contribution in [0.15, 0.2) is 0 Å². The molecule has 0 aliphatic carbocycles. The molecule has 0 bridgehead atoms. The number of nitrogens with zero attached hydrogens (tertiary/aromatic N) is 1. The summed E-state index contributed by atoms with van der Waals surface area (Å²) in [4.78, 5) is 24.5. The number of amides is 1. The van der Waals surface area contributed by atoms with Crippen LogP contribution in [0.5, 0.6) is 0 Å². The van der Waals surface area contributed by atoms with Gasteiger partial charge in [0.05, 0.1) is 17.4 Å². The summed E-state index contributed by atoms with van der Waals surface area (Å²) >= 11 is 1.51. The Kier molecular flexibility index (Phi) is 5.55. The van der Waals surface area contributed by atoms with Crippen LogP contribution in [0.25, 0.3) is 0 Å². The lowest BCUT2D eigenvalue weighted by Crippen LogP contribution is -2.65. The van der Waals surface area contributed by atoms with Gasteiger partial charge in [-0.25, -0.2) is 0 Å². The monoisotopic (exact) mass is 333 g/mol. The van der Waals surface area contributed by atoms with Crippen LogP contribution in [0, 0.1) is 5.92 Å². The number of likely N-dealkylation sites (tertiary alicyclic amines) is 1. The molecule has 1 heterocycles. The molecular weight excluding hydrogens is 306 g/mol. The largest absolute Gasteiger partial charge is 0.480 e. The second-order valence-electron chi connectivity index (χ2n) is 7.10. The van der Waals surface area contributed by atoms with Crippen LogP contribution in [-0.4, -0.2) is 54.5 Å². The molecule has 1 aliphatic heterocycles. The molecule has 0 radical (unpaired) electrons. The lowest BCUT2D eigenvalue weighted by Gasteiger charge is -2.50. The minimum absolute atomic E-state index is 0.0870. The van der Waals surface area contributed by atoms with Crippen molar-refractivity contribution in [1.29, 1.82) is 0 Å². The van der Waals surface area contributed by atoms with E-state index in [2.05, 4.69) is 33.9 Å². The smallest absolute Gasteiger partial charge is 0.323 e. The lowest BCUT2D eigenvalue weighted by atomic mass is 9.93. The molecule has 0 aromatic carbocycles. The molecule has 5 nitrogen and oxygen atoms in total. The van der Waals surface area contributed by atoms with Crippen LogP contribution in [0.4, 0.5) is 0 Å². The summed E-state index contributed by atoms with van der Waals surface area (Å²) in [5, 5.41) is 8.85. The summed E-state index contributed by atoms with van der Waals surface area (Å²) in [7, 11) is -1.94. The van der Waals surface area contributed by atoms with E-state index in [1.54, 1.807) is 0 Å². The Balaban J connectivity index is 2.78. The Morgan fingerprint density at radius 2 is 2.00 bits per heavy atom. The molecule has 1 amide bonds. The number of hydrogen-bond donors (Lipinski definition) is 1. The van der Waals surface area contributed by atoms with Gasteiger partial charge in [-0.3, -0.25) is 9.59 Å². The summed E-state index contributed by atoms with van der Waals surface area (Å²) in [6.45, 7) is 12.5. The van der Waals surface area contributed by atoms with Crippen LogP contribution in [0.1, 0.15) is 27.7 Å². The van der Waals surface area contributed by atoms with E-state index in [1.807, 2.05) is 13.2 Å². The van der Waals surface area contributed by atoms with E-state index < -0.39 is 14.3 Å². The number of carbonyl (C=O) groups is 2. The second kappa shape index (κ2) is 6.30. The normalized spacial score (nSPS) is 24.7. The third-order valence-electron chi connectivity index (χ3n) is 4.52. The maximum Gasteiger partial charge on any atom is 0.323 e. The summed E-state index contributed by atoms with van der Waals surface area (Å²) in [6, 6.07) is 0. The van der Waals surface area contributed by atoms with Gasteiger partial charge in [-0.15, -0.1) is 11.8 Å². The Bertz CT molecular complexity index is 422. The third-order valence-corrected chi connectivity index (χ3v) is 10.1. The lowest BCUT2D eigenvalue weighted by molar-refractivity contribution is -0.162. The molecule has 1 fully saturated rings. The molecule has 0 aromatic rings. The van der Waals surface area contributed by atoms with Crippen molar-refractivity contribution in [2.24, 2.45) is 5.92 Å². The van der Waals surface area contributed by atoms with Gasteiger partial charge >= 0.3 is 5.97 Å². The fourth-order valence-corrected chi connectivity index (χ4v) is 4.78. The number of rotatable bonds is 6. The van der Waals surface area contributed by atoms with Gasteiger partial charge in [0, 0.05) is 0 Å². The van der Waals surface area contributed by atoms with Crippen molar-refractivity contribution in [3.05, 3.63) is 0 Å². The summed E-state index contributed by atoms with van der Waals surface area (Å²) < 4.78 is 6.29. The molecule has 0 saturated carbocycles. The molecule has 0 aromatic heterocycles. The van der Waals surface area contributed by atoms with Gasteiger partial charge in [0.1, 0.15) is 6.54 Å². The van der Waals surface area contributed by atoms with E-state index >= 15 is 0 Å². The highest BCUT2D eigenvalue weighted by molar-refractivity contribution is 7.99. The van der Waals surface area contributed by atoms with Crippen LogP contribution in [0.2, 0.25) is 18.1 Å². The average molecular weight is 334 g/mol. The van der Waals surface area contributed by atoms with Gasteiger partial charge in [-0.1, -0.05) is 20.8 Å². The van der Waals surface area contributed by atoms with E-state index in [0.717, 1.165) is 0 Å². The van der Waals surface area contributed by atoms with Crippen molar-refractivity contribution < 1.29 is 19.1 Å². The van der Waals surface area contributed by atoms with Crippen molar-refractivity contribution in [1.82, 2.24) is 4.90 Å². The molecule has 21 heavy (non-hydrogen) atoms. The highest BCUT2D eigenvalue weighted by Gasteiger charge is 2.52. The van der Waals surface area contributed by atoms with Crippen molar-refractivity contribution >= 4 is 32.0 Å². The van der Waals surface area contributed by atoms with E-state index in [-0.39, 0.29) is 34.9 Å². The predicted octanol–water partition coefficient (Wildman–Crippen LogP) is 2.63. The van der Waals surface area contributed by atoms with Crippen LogP contribution in [-0.2, 0) is 14.0 Å². The molecule has 7 heteroatoms.